The number of nitrogens with zero attached hydrogens (tertiary/aromatic N) is 2. The fraction of sp³-hybridized carbons (Fsp3) is 0.333. The number of anilines is 1. The SMILES string of the molecule is COc1nc(N2CC3COCC3C2)ccc1-c1cc2c(C(=O)O)c[nH]c2cc1Cl. The second-order valence-electron chi connectivity index (χ2n) is 7.57. The lowest BCUT2D eigenvalue weighted by molar-refractivity contribution is 0.0699. The first-order chi connectivity index (χ1) is 14.0. The van der Waals surface area contributed by atoms with Gasteiger partial charge >= 0.3 is 5.97 Å². The maximum absolute atomic E-state index is 11.5. The van der Waals surface area contributed by atoms with Gasteiger partial charge in [0.2, 0.25) is 5.88 Å². The smallest absolute Gasteiger partial charge is 0.337 e. The molecule has 2 aromatic heterocycles. The van der Waals surface area contributed by atoms with Crippen molar-refractivity contribution in [2.75, 3.05) is 38.3 Å². The number of carboxylic acid groups (broad SMARTS) is 1. The average molecular weight is 414 g/mol. The van der Waals surface area contributed by atoms with E-state index in [2.05, 4.69) is 9.88 Å². The standard InChI is InChI=1S/C21H20ClN3O4/c1-28-20-13(2-3-19(24-20)25-7-11-9-29-10-12(11)8-25)14-4-15-16(21(26)27)6-23-18(15)5-17(14)22/h2-6,11-12,23H,7-10H2,1H3,(H,26,27). The Morgan fingerprint density at radius 2 is 2.03 bits per heavy atom. The Morgan fingerprint density at radius 3 is 2.72 bits per heavy atom. The Bertz CT molecular complexity index is 1100. The van der Waals surface area contributed by atoms with Crippen LogP contribution in [0.25, 0.3) is 22.0 Å². The number of halogens is 1. The molecule has 2 aliphatic rings. The van der Waals surface area contributed by atoms with E-state index in [9.17, 15) is 9.90 Å². The van der Waals surface area contributed by atoms with Crippen LogP contribution in [-0.4, -0.2) is 54.5 Å². The van der Waals surface area contributed by atoms with E-state index in [1.54, 1.807) is 19.2 Å². The summed E-state index contributed by atoms with van der Waals surface area (Å²) in [5.41, 5.74) is 2.28. The molecule has 0 spiro atoms. The molecule has 2 N–H and O–H groups in total. The van der Waals surface area contributed by atoms with Crippen LogP contribution in [0, 0.1) is 11.8 Å². The zero-order valence-electron chi connectivity index (χ0n) is 15.8. The molecule has 0 aliphatic carbocycles. The molecule has 29 heavy (non-hydrogen) atoms. The molecule has 0 amide bonds. The monoisotopic (exact) mass is 413 g/mol. The van der Waals surface area contributed by atoms with E-state index in [0.29, 0.717) is 39.2 Å². The molecule has 2 fully saturated rings. The molecule has 2 aliphatic heterocycles. The maximum atomic E-state index is 11.5. The van der Waals surface area contributed by atoms with Gasteiger partial charge in [0.15, 0.2) is 0 Å². The number of H-pyrrole nitrogens is 1. The van der Waals surface area contributed by atoms with E-state index in [1.807, 2.05) is 12.1 Å². The van der Waals surface area contributed by atoms with Gasteiger partial charge in [0.25, 0.3) is 0 Å². The number of rotatable bonds is 4. The van der Waals surface area contributed by atoms with Gasteiger partial charge in [-0.25, -0.2) is 4.79 Å². The van der Waals surface area contributed by atoms with E-state index >= 15 is 0 Å². The molecular formula is C21H20ClN3O4. The topological polar surface area (TPSA) is 87.7 Å². The van der Waals surface area contributed by atoms with Gasteiger partial charge < -0.3 is 24.5 Å². The third-order valence-electron chi connectivity index (χ3n) is 5.89. The van der Waals surface area contributed by atoms with Crippen molar-refractivity contribution < 1.29 is 19.4 Å². The number of aromatic nitrogens is 2. The van der Waals surface area contributed by atoms with Crippen LogP contribution in [0.5, 0.6) is 5.88 Å². The van der Waals surface area contributed by atoms with Crippen LogP contribution in [-0.2, 0) is 4.74 Å². The molecule has 0 radical (unpaired) electrons. The van der Waals surface area contributed by atoms with Gasteiger partial charge in [0.1, 0.15) is 5.82 Å². The van der Waals surface area contributed by atoms with Crippen LogP contribution in [0.2, 0.25) is 5.02 Å². The van der Waals surface area contributed by atoms with Gasteiger partial charge in [-0.2, -0.15) is 4.98 Å². The molecule has 2 unspecified atom stereocenters. The summed E-state index contributed by atoms with van der Waals surface area (Å²) in [6.45, 7) is 3.49. The fourth-order valence-corrected chi connectivity index (χ4v) is 4.63. The van der Waals surface area contributed by atoms with E-state index < -0.39 is 5.97 Å². The summed E-state index contributed by atoms with van der Waals surface area (Å²) in [6, 6.07) is 7.41. The van der Waals surface area contributed by atoms with Crippen LogP contribution < -0.4 is 9.64 Å². The van der Waals surface area contributed by atoms with Crippen molar-refractivity contribution in [1.82, 2.24) is 9.97 Å². The Balaban J connectivity index is 1.55. The van der Waals surface area contributed by atoms with E-state index in [1.165, 1.54) is 6.20 Å². The predicted octanol–water partition coefficient (Wildman–Crippen LogP) is 3.67. The van der Waals surface area contributed by atoms with Crippen molar-refractivity contribution >= 4 is 34.3 Å². The van der Waals surface area contributed by atoms with Crippen LogP contribution in [0.15, 0.2) is 30.5 Å². The third-order valence-corrected chi connectivity index (χ3v) is 6.21. The summed E-state index contributed by atoms with van der Waals surface area (Å²) in [7, 11) is 1.58. The molecule has 0 saturated carbocycles. The van der Waals surface area contributed by atoms with Crippen LogP contribution in [0.4, 0.5) is 5.82 Å². The lowest BCUT2D eigenvalue weighted by Crippen LogP contribution is -2.23. The van der Waals surface area contributed by atoms with Crippen LogP contribution in [0.3, 0.4) is 0 Å². The molecule has 1 aromatic carbocycles. The van der Waals surface area contributed by atoms with Gasteiger partial charge in [0.05, 0.1) is 30.9 Å². The molecule has 0 bridgehead atoms. The van der Waals surface area contributed by atoms with Crippen molar-refractivity contribution in [2.24, 2.45) is 11.8 Å². The second kappa shape index (κ2) is 6.93. The fourth-order valence-electron chi connectivity index (χ4n) is 4.37. The van der Waals surface area contributed by atoms with Crippen LogP contribution >= 0.6 is 11.6 Å². The molecule has 3 aromatic rings. The largest absolute Gasteiger partial charge is 0.480 e. The van der Waals surface area contributed by atoms with E-state index in [-0.39, 0.29) is 5.56 Å². The van der Waals surface area contributed by atoms with Gasteiger partial charge in [-0.1, -0.05) is 11.6 Å². The van der Waals surface area contributed by atoms with Crippen molar-refractivity contribution in [1.29, 1.82) is 0 Å². The number of nitrogens with one attached hydrogen (secondary N) is 1. The predicted molar refractivity (Wildman–Crippen MR) is 110 cm³/mol. The Morgan fingerprint density at radius 1 is 1.28 bits per heavy atom. The Hall–Kier alpha value is -2.77. The highest BCUT2D eigenvalue weighted by Gasteiger charge is 2.37. The second-order valence-corrected chi connectivity index (χ2v) is 7.98. The number of benzene rings is 1. The Kier molecular flexibility index (Phi) is 4.37. The molecule has 150 valence electrons. The minimum absolute atomic E-state index is 0.201. The first-order valence-electron chi connectivity index (χ1n) is 9.47. The third kappa shape index (κ3) is 3.01. The minimum Gasteiger partial charge on any atom is -0.480 e. The number of carboxylic acids is 1. The maximum Gasteiger partial charge on any atom is 0.337 e. The van der Waals surface area contributed by atoms with Gasteiger partial charge in [-0.05, 0) is 24.3 Å². The highest BCUT2D eigenvalue weighted by atomic mass is 35.5. The van der Waals surface area contributed by atoms with E-state index in [4.69, 9.17) is 26.1 Å². The number of aromatic carboxylic acids is 1. The van der Waals surface area contributed by atoms with Crippen molar-refractivity contribution in [2.45, 2.75) is 0 Å². The number of methoxy groups -OCH3 is 1. The molecular weight excluding hydrogens is 394 g/mol. The molecule has 5 rings (SSSR count). The normalized spacial score (nSPS) is 21.0. The average Bonchev–Trinajstić information content (AvgIpc) is 3.41. The highest BCUT2D eigenvalue weighted by molar-refractivity contribution is 6.34. The summed E-state index contributed by atoms with van der Waals surface area (Å²) < 4.78 is 11.1. The molecule has 8 heteroatoms. The first-order valence-corrected chi connectivity index (χ1v) is 9.85. The van der Waals surface area contributed by atoms with Crippen molar-refractivity contribution in [3.63, 3.8) is 0 Å². The molecule has 4 heterocycles. The van der Waals surface area contributed by atoms with Crippen molar-refractivity contribution in [3.8, 4) is 17.0 Å². The summed E-state index contributed by atoms with van der Waals surface area (Å²) in [4.78, 5) is 21.4. The minimum atomic E-state index is -0.992. The molecule has 2 atom stereocenters. The Labute approximate surface area is 172 Å². The number of ether oxygens (including phenoxy) is 2. The lowest BCUT2D eigenvalue weighted by Gasteiger charge is -2.20. The highest BCUT2D eigenvalue weighted by Crippen LogP contribution is 2.39. The number of hydrogen-bond acceptors (Lipinski definition) is 5. The number of hydrogen-bond donors (Lipinski definition) is 2. The summed E-state index contributed by atoms with van der Waals surface area (Å²) in [6.07, 6.45) is 1.47. The van der Waals surface area contributed by atoms with Gasteiger partial charge in [0, 0.05) is 53.2 Å². The molecule has 7 nitrogen and oxygen atoms in total. The quantitative estimate of drug-likeness (QED) is 0.678. The number of fused-ring (bicyclic) bond motifs is 2. The number of pyridine rings is 1. The molecule has 2 saturated heterocycles. The number of aromatic amines is 1. The first kappa shape index (κ1) is 18.3. The van der Waals surface area contributed by atoms with Crippen LogP contribution in [0.1, 0.15) is 10.4 Å². The zero-order chi connectivity index (χ0) is 20.1. The van der Waals surface area contributed by atoms with E-state index in [0.717, 1.165) is 37.7 Å². The van der Waals surface area contributed by atoms with Gasteiger partial charge in [-0.15, -0.1) is 0 Å². The zero-order valence-corrected chi connectivity index (χ0v) is 16.6. The lowest BCUT2D eigenvalue weighted by atomic mass is 10.0. The summed E-state index contributed by atoms with van der Waals surface area (Å²) in [5.74, 6) is 1.45. The van der Waals surface area contributed by atoms with Gasteiger partial charge in [-0.3, -0.25) is 0 Å². The van der Waals surface area contributed by atoms with Crippen molar-refractivity contribution in [3.05, 3.63) is 41.0 Å². The summed E-state index contributed by atoms with van der Waals surface area (Å²) in [5, 5.41) is 10.5. The summed E-state index contributed by atoms with van der Waals surface area (Å²) >= 11 is 6.51. The number of carbonyl (C=O) groups is 1.